The number of methoxy groups -OCH3 is 1. The van der Waals surface area contributed by atoms with Gasteiger partial charge in [0.25, 0.3) is 0 Å². The fraction of sp³-hybridized carbons (Fsp3) is 0.643. The third kappa shape index (κ3) is 2.42. The van der Waals surface area contributed by atoms with Crippen molar-refractivity contribution in [1.29, 1.82) is 0 Å². The van der Waals surface area contributed by atoms with Crippen molar-refractivity contribution in [3.05, 3.63) is 6.33 Å². The fourth-order valence-electron chi connectivity index (χ4n) is 3.09. The van der Waals surface area contributed by atoms with E-state index in [-0.39, 0.29) is 0 Å². The summed E-state index contributed by atoms with van der Waals surface area (Å²) in [5, 5.41) is 0. The molecule has 2 aromatic heterocycles. The molecule has 6 nitrogen and oxygen atoms in total. The zero-order valence-electron chi connectivity index (χ0n) is 11.9. The molecule has 20 heavy (non-hydrogen) atoms. The number of imidazole rings is 1. The largest absolute Gasteiger partial charge is 0.479 e. The van der Waals surface area contributed by atoms with Gasteiger partial charge in [-0.1, -0.05) is 32.1 Å². The Bertz CT molecular complexity index is 589. The van der Waals surface area contributed by atoms with Crippen LogP contribution in [0.5, 0.6) is 5.88 Å². The number of anilines is 1. The fourth-order valence-corrected chi connectivity index (χ4v) is 3.09. The molecule has 2 N–H and O–H groups in total. The second kappa shape index (κ2) is 5.64. The molecule has 1 saturated carbocycles. The lowest BCUT2D eigenvalue weighted by atomic mass is 9.87. The molecule has 0 radical (unpaired) electrons. The van der Waals surface area contributed by atoms with E-state index in [1.807, 2.05) is 4.57 Å². The molecule has 1 aliphatic carbocycles. The van der Waals surface area contributed by atoms with Gasteiger partial charge in [-0.3, -0.25) is 4.57 Å². The van der Waals surface area contributed by atoms with Crippen LogP contribution in [0.1, 0.15) is 38.5 Å². The molecule has 0 atom stereocenters. The summed E-state index contributed by atoms with van der Waals surface area (Å²) < 4.78 is 7.19. The molecule has 108 valence electrons. The maximum atomic E-state index is 6.02. The summed E-state index contributed by atoms with van der Waals surface area (Å²) >= 11 is 0. The number of hydrogen-bond acceptors (Lipinski definition) is 5. The summed E-state index contributed by atoms with van der Waals surface area (Å²) in [5.74, 6) is 1.79. The quantitative estimate of drug-likeness (QED) is 0.926. The highest BCUT2D eigenvalue weighted by atomic mass is 16.5. The van der Waals surface area contributed by atoms with Crippen LogP contribution in [-0.4, -0.2) is 26.6 Å². The molecule has 6 heteroatoms. The number of fused-ring (bicyclic) bond motifs is 1. The molecule has 0 saturated heterocycles. The minimum Gasteiger partial charge on any atom is -0.479 e. The Hall–Kier alpha value is -1.85. The van der Waals surface area contributed by atoms with E-state index in [1.165, 1.54) is 38.4 Å². The van der Waals surface area contributed by atoms with Gasteiger partial charge < -0.3 is 10.5 Å². The van der Waals surface area contributed by atoms with Crippen LogP contribution >= 0.6 is 0 Å². The van der Waals surface area contributed by atoms with Crippen molar-refractivity contribution in [1.82, 2.24) is 19.5 Å². The average Bonchev–Trinajstić information content (AvgIpc) is 2.81. The van der Waals surface area contributed by atoms with Crippen molar-refractivity contribution in [2.24, 2.45) is 5.92 Å². The molecule has 0 amide bonds. The molecular formula is C14H21N5O. The molecule has 2 heterocycles. The van der Waals surface area contributed by atoms with Crippen LogP contribution < -0.4 is 10.5 Å². The van der Waals surface area contributed by atoms with Crippen molar-refractivity contribution in [2.75, 3.05) is 12.8 Å². The van der Waals surface area contributed by atoms with Crippen molar-refractivity contribution >= 4 is 17.1 Å². The van der Waals surface area contributed by atoms with Crippen LogP contribution in [0.25, 0.3) is 11.2 Å². The highest BCUT2D eigenvalue weighted by Crippen LogP contribution is 2.28. The van der Waals surface area contributed by atoms with Crippen molar-refractivity contribution in [3.8, 4) is 5.88 Å². The smallest absolute Gasteiger partial charge is 0.245 e. The standard InChI is InChI=1S/C14H21N5O/c1-20-13-11-12(16-9-17-13)19(14(15)18-11)8-7-10-5-3-2-4-6-10/h9-10H,2-8H2,1H3,(H2,15,18). The second-order valence-electron chi connectivity index (χ2n) is 5.47. The minimum atomic E-state index is 0.484. The molecule has 1 aliphatic rings. The molecule has 0 aliphatic heterocycles. The lowest BCUT2D eigenvalue weighted by Crippen LogP contribution is -2.11. The van der Waals surface area contributed by atoms with Gasteiger partial charge in [-0.25, -0.2) is 9.97 Å². The normalized spacial score (nSPS) is 16.6. The number of nitrogen functional groups attached to an aromatic ring is 1. The lowest BCUT2D eigenvalue weighted by Gasteiger charge is -2.21. The van der Waals surface area contributed by atoms with Crippen LogP contribution in [-0.2, 0) is 6.54 Å². The van der Waals surface area contributed by atoms with Crippen LogP contribution in [0, 0.1) is 5.92 Å². The number of nitrogens with zero attached hydrogens (tertiary/aromatic N) is 4. The number of ether oxygens (including phenoxy) is 1. The van der Waals surface area contributed by atoms with E-state index in [9.17, 15) is 0 Å². The predicted molar refractivity (Wildman–Crippen MR) is 77.5 cm³/mol. The molecule has 0 bridgehead atoms. The SMILES string of the molecule is COc1ncnc2c1nc(N)n2CCC1CCCCC1. The summed E-state index contributed by atoms with van der Waals surface area (Å²) in [6.45, 7) is 0.868. The lowest BCUT2D eigenvalue weighted by molar-refractivity contribution is 0.326. The molecule has 1 fully saturated rings. The Morgan fingerprint density at radius 2 is 2.10 bits per heavy atom. The Balaban J connectivity index is 1.82. The van der Waals surface area contributed by atoms with E-state index in [4.69, 9.17) is 10.5 Å². The van der Waals surface area contributed by atoms with E-state index < -0.39 is 0 Å². The first-order valence-corrected chi connectivity index (χ1v) is 7.30. The van der Waals surface area contributed by atoms with Gasteiger partial charge in [0.05, 0.1) is 7.11 Å². The molecule has 3 rings (SSSR count). The van der Waals surface area contributed by atoms with E-state index in [0.29, 0.717) is 17.3 Å². The third-order valence-corrected chi connectivity index (χ3v) is 4.21. The van der Waals surface area contributed by atoms with Crippen molar-refractivity contribution < 1.29 is 4.74 Å². The number of rotatable bonds is 4. The van der Waals surface area contributed by atoms with E-state index in [0.717, 1.165) is 24.5 Å². The summed E-state index contributed by atoms with van der Waals surface area (Å²) in [5.41, 5.74) is 7.44. The highest BCUT2D eigenvalue weighted by molar-refractivity contribution is 5.78. The van der Waals surface area contributed by atoms with E-state index in [1.54, 1.807) is 7.11 Å². The zero-order chi connectivity index (χ0) is 13.9. The van der Waals surface area contributed by atoms with Crippen molar-refractivity contribution in [2.45, 2.75) is 45.1 Å². The number of aromatic nitrogens is 4. The van der Waals surface area contributed by atoms with Crippen LogP contribution in [0.3, 0.4) is 0 Å². The summed E-state index contributed by atoms with van der Waals surface area (Å²) in [6.07, 6.45) is 9.43. The summed E-state index contributed by atoms with van der Waals surface area (Å²) in [6, 6.07) is 0. The second-order valence-corrected chi connectivity index (χ2v) is 5.47. The first-order valence-electron chi connectivity index (χ1n) is 7.30. The van der Waals surface area contributed by atoms with Gasteiger partial charge in [-0.15, -0.1) is 0 Å². The Morgan fingerprint density at radius 1 is 1.30 bits per heavy atom. The predicted octanol–water partition coefficient (Wildman–Crippen LogP) is 2.39. The summed E-state index contributed by atoms with van der Waals surface area (Å²) in [4.78, 5) is 12.7. The monoisotopic (exact) mass is 275 g/mol. The Morgan fingerprint density at radius 3 is 2.85 bits per heavy atom. The first kappa shape index (κ1) is 13.1. The number of aryl methyl sites for hydroxylation is 1. The zero-order valence-corrected chi connectivity index (χ0v) is 11.9. The molecular weight excluding hydrogens is 254 g/mol. The van der Waals surface area contributed by atoms with E-state index >= 15 is 0 Å². The number of hydrogen-bond donors (Lipinski definition) is 1. The van der Waals surface area contributed by atoms with Gasteiger partial charge in [0.15, 0.2) is 11.2 Å². The van der Waals surface area contributed by atoms with Gasteiger partial charge in [0.2, 0.25) is 11.8 Å². The summed E-state index contributed by atoms with van der Waals surface area (Å²) in [7, 11) is 1.58. The highest BCUT2D eigenvalue weighted by Gasteiger charge is 2.17. The van der Waals surface area contributed by atoms with Crippen LogP contribution in [0.4, 0.5) is 5.95 Å². The first-order chi connectivity index (χ1) is 9.79. The topological polar surface area (TPSA) is 78.8 Å². The van der Waals surface area contributed by atoms with E-state index in [2.05, 4.69) is 15.0 Å². The van der Waals surface area contributed by atoms with Gasteiger partial charge in [0.1, 0.15) is 6.33 Å². The maximum Gasteiger partial charge on any atom is 0.245 e. The van der Waals surface area contributed by atoms with Gasteiger partial charge in [-0.2, -0.15) is 4.98 Å². The van der Waals surface area contributed by atoms with Gasteiger partial charge in [0, 0.05) is 6.54 Å². The van der Waals surface area contributed by atoms with Gasteiger partial charge >= 0.3 is 0 Å². The molecule has 2 aromatic rings. The molecule has 0 spiro atoms. The molecule has 0 unspecified atom stereocenters. The average molecular weight is 275 g/mol. The Labute approximate surface area is 118 Å². The molecule has 0 aromatic carbocycles. The minimum absolute atomic E-state index is 0.484. The Kier molecular flexibility index (Phi) is 3.71. The van der Waals surface area contributed by atoms with Crippen molar-refractivity contribution in [3.63, 3.8) is 0 Å². The van der Waals surface area contributed by atoms with Gasteiger partial charge in [-0.05, 0) is 12.3 Å². The number of nitrogens with two attached hydrogens (primary N) is 1. The maximum absolute atomic E-state index is 6.02. The van der Waals surface area contributed by atoms with Crippen LogP contribution in [0.2, 0.25) is 0 Å². The third-order valence-electron chi connectivity index (χ3n) is 4.21. The van der Waals surface area contributed by atoms with Crippen LogP contribution in [0.15, 0.2) is 6.33 Å².